The summed E-state index contributed by atoms with van der Waals surface area (Å²) in [6.07, 6.45) is 9.18. The van der Waals surface area contributed by atoms with E-state index < -0.39 is 0 Å². The van der Waals surface area contributed by atoms with Gasteiger partial charge in [-0.2, -0.15) is 0 Å². The van der Waals surface area contributed by atoms with Gasteiger partial charge < -0.3 is 19.9 Å². The number of fused-ring (bicyclic) bond motifs is 2. The van der Waals surface area contributed by atoms with Gasteiger partial charge in [0, 0.05) is 31.5 Å². The largest absolute Gasteiger partial charge is 0.487 e. The number of para-hydroxylation sites is 1. The van der Waals surface area contributed by atoms with E-state index in [0.29, 0.717) is 6.54 Å². The first kappa shape index (κ1) is 22.4. The average molecular weight is 536 g/mol. The van der Waals surface area contributed by atoms with Gasteiger partial charge in [-0.15, -0.1) is 34.2 Å². The predicted octanol–water partition coefficient (Wildman–Crippen LogP) is 4.12. The maximum absolute atomic E-state index is 6.51. The summed E-state index contributed by atoms with van der Waals surface area (Å²) in [5.74, 6) is 3.92. The van der Waals surface area contributed by atoms with E-state index in [0.717, 1.165) is 62.1 Å². The van der Waals surface area contributed by atoms with Crippen molar-refractivity contribution in [2.45, 2.75) is 83.0 Å². The van der Waals surface area contributed by atoms with Crippen LogP contribution >= 0.6 is 24.0 Å². The number of hydrogen-bond donors (Lipinski definition) is 2. The number of ether oxygens (including phenoxy) is 1. The fraction of sp³-hybridized carbons (Fsp3) is 0.609. The van der Waals surface area contributed by atoms with Crippen LogP contribution in [0.4, 0.5) is 0 Å². The molecule has 1 aliphatic carbocycles. The van der Waals surface area contributed by atoms with Crippen LogP contribution in [0.25, 0.3) is 0 Å². The molecule has 5 rings (SSSR count). The fourth-order valence-corrected chi connectivity index (χ4v) is 5.19. The Hall–Kier alpha value is -1.84. The molecule has 0 radical (unpaired) electrons. The minimum atomic E-state index is -0.0323. The van der Waals surface area contributed by atoms with E-state index in [1.807, 2.05) is 0 Å². The number of benzene rings is 1. The van der Waals surface area contributed by atoms with Crippen molar-refractivity contribution in [3.05, 3.63) is 41.5 Å². The van der Waals surface area contributed by atoms with Gasteiger partial charge in [-0.05, 0) is 51.5 Å². The van der Waals surface area contributed by atoms with Gasteiger partial charge in [-0.1, -0.05) is 18.2 Å². The van der Waals surface area contributed by atoms with Gasteiger partial charge >= 0.3 is 0 Å². The second-order valence-electron chi connectivity index (χ2n) is 8.77. The van der Waals surface area contributed by atoms with E-state index in [9.17, 15) is 0 Å². The van der Waals surface area contributed by atoms with E-state index in [2.05, 4.69) is 56.6 Å². The van der Waals surface area contributed by atoms with E-state index in [1.165, 1.54) is 31.2 Å². The second-order valence-corrected chi connectivity index (χ2v) is 8.77. The van der Waals surface area contributed by atoms with E-state index in [4.69, 9.17) is 9.73 Å². The topological polar surface area (TPSA) is 76.4 Å². The van der Waals surface area contributed by atoms with Crippen molar-refractivity contribution in [1.82, 2.24) is 25.4 Å². The molecule has 2 aromatic rings. The first-order valence-electron chi connectivity index (χ1n) is 11.5. The van der Waals surface area contributed by atoms with Crippen molar-refractivity contribution in [1.29, 1.82) is 0 Å². The van der Waals surface area contributed by atoms with E-state index >= 15 is 0 Å². The zero-order chi connectivity index (χ0) is 20.4. The smallest absolute Gasteiger partial charge is 0.192 e. The summed E-state index contributed by atoms with van der Waals surface area (Å²) in [7, 11) is 0. The summed E-state index contributed by atoms with van der Waals surface area (Å²) in [5.41, 5.74) is 1.19. The monoisotopic (exact) mass is 536 g/mol. The van der Waals surface area contributed by atoms with Crippen LogP contribution in [0.15, 0.2) is 29.3 Å². The maximum atomic E-state index is 6.51. The molecule has 1 fully saturated rings. The average Bonchev–Trinajstić information content (AvgIpc) is 3.39. The lowest BCUT2D eigenvalue weighted by Gasteiger charge is -2.40. The zero-order valence-corrected chi connectivity index (χ0v) is 20.6. The molecule has 0 saturated heterocycles. The second kappa shape index (κ2) is 9.75. The molecule has 3 heterocycles. The van der Waals surface area contributed by atoms with Gasteiger partial charge in [0.2, 0.25) is 0 Å². The SMILES string of the molecule is CCNC(=NCc1nnc2n1CCCC2)NC1CC2(CCCC2)Oc2ccccc21.I. The van der Waals surface area contributed by atoms with Crippen LogP contribution in [0.3, 0.4) is 0 Å². The van der Waals surface area contributed by atoms with Crippen LogP contribution in [0, 0.1) is 0 Å². The molecule has 1 aromatic carbocycles. The molecule has 0 bridgehead atoms. The summed E-state index contributed by atoms with van der Waals surface area (Å²) in [5, 5.41) is 15.9. The number of rotatable bonds is 4. The van der Waals surface area contributed by atoms with Crippen molar-refractivity contribution in [3.8, 4) is 5.75 Å². The lowest BCUT2D eigenvalue weighted by atomic mass is 9.86. The number of aliphatic imine (C=N–C) groups is 1. The molecule has 2 aliphatic heterocycles. The summed E-state index contributed by atoms with van der Waals surface area (Å²) in [6, 6.07) is 8.63. The highest BCUT2D eigenvalue weighted by Gasteiger charge is 2.43. The Kier molecular flexibility index (Phi) is 7.03. The number of nitrogens with zero attached hydrogens (tertiary/aromatic N) is 4. The van der Waals surface area contributed by atoms with Crippen LogP contribution in [0.5, 0.6) is 5.75 Å². The Morgan fingerprint density at radius 3 is 2.87 bits per heavy atom. The number of halogens is 1. The lowest BCUT2D eigenvalue weighted by molar-refractivity contribution is 0.0396. The first-order chi connectivity index (χ1) is 14.8. The van der Waals surface area contributed by atoms with Crippen molar-refractivity contribution in [2.75, 3.05) is 6.54 Å². The van der Waals surface area contributed by atoms with Crippen LogP contribution in [0.1, 0.15) is 75.1 Å². The number of aryl methyl sites for hydroxylation is 1. The molecule has 1 spiro atoms. The van der Waals surface area contributed by atoms with Gasteiger partial charge in [0.05, 0.1) is 6.04 Å². The Morgan fingerprint density at radius 2 is 2.03 bits per heavy atom. The van der Waals surface area contributed by atoms with Gasteiger partial charge in [-0.3, -0.25) is 0 Å². The number of guanidine groups is 1. The molecule has 8 heteroatoms. The first-order valence-corrected chi connectivity index (χ1v) is 11.5. The van der Waals surface area contributed by atoms with Crippen molar-refractivity contribution >= 4 is 29.9 Å². The Balaban J connectivity index is 0.00000231. The predicted molar refractivity (Wildman–Crippen MR) is 132 cm³/mol. The minimum absolute atomic E-state index is 0. The minimum Gasteiger partial charge on any atom is -0.487 e. The number of nitrogens with one attached hydrogen (secondary N) is 2. The fourth-order valence-electron chi connectivity index (χ4n) is 5.19. The lowest BCUT2D eigenvalue weighted by Crippen LogP contribution is -2.46. The van der Waals surface area contributed by atoms with Gasteiger partial charge in [0.1, 0.15) is 23.7 Å². The molecule has 31 heavy (non-hydrogen) atoms. The molecule has 1 unspecified atom stereocenters. The van der Waals surface area contributed by atoms with Crippen LogP contribution < -0.4 is 15.4 Å². The van der Waals surface area contributed by atoms with Crippen LogP contribution in [-0.2, 0) is 19.5 Å². The van der Waals surface area contributed by atoms with E-state index in [1.54, 1.807) is 0 Å². The molecule has 1 saturated carbocycles. The summed E-state index contributed by atoms with van der Waals surface area (Å²) >= 11 is 0. The molecule has 168 valence electrons. The highest BCUT2D eigenvalue weighted by molar-refractivity contribution is 14.0. The van der Waals surface area contributed by atoms with Crippen LogP contribution in [-0.4, -0.2) is 32.9 Å². The summed E-state index contributed by atoms with van der Waals surface area (Å²) in [4.78, 5) is 4.88. The molecule has 1 aromatic heterocycles. The highest BCUT2D eigenvalue weighted by Crippen LogP contribution is 2.46. The third-order valence-electron chi connectivity index (χ3n) is 6.68. The number of hydrogen-bond acceptors (Lipinski definition) is 4. The molecule has 7 nitrogen and oxygen atoms in total. The highest BCUT2D eigenvalue weighted by atomic mass is 127. The van der Waals surface area contributed by atoms with Crippen molar-refractivity contribution in [2.24, 2.45) is 4.99 Å². The third-order valence-corrected chi connectivity index (χ3v) is 6.68. The molecule has 1 atom stereocenters. The summed E-state index contributed by atoms with van der Waals surface area (Å²) in [6.45, 7) is 4.47. The number of aromatic nitrogens is 3. The molecule has 2 N–H and O–H groups in total. The van der Waals surface area contributed by atoms with Crippen LogP contribution in [0.2, 0.25) is 0 Å². The van der Waals surface area contributed by atoms with Crippen molar-refractivity contribution in [3.63, 3.8) is 0 Å². The third kappa shape index (κ3) is 4.68. The Labute approximate surface area is 201 Å². The summed E-state index contributed by atoms with van der Waals surface area (Å²) < 4.78 is 8.76. The molecule has 0 amide bonds. The molecule has 3 aliphatic rings. The van der Waals surface area contributed by atoms with Crippen molar-refractivity contribution < 1.29 is 4.74 Å². The normalized spacial score (nSPS) is 21.6. The van der Waals surface area contributed by atoms with Gasteiger partial charge in [0.15, 0.2) is 11.8 Å². The molecular formula is C23H33IN6O. The van der Waals surface area contributed by atoms with E-state index in [-0.39, 0.29) is 35.6 Å². The van der Waals surface area contributed by atoms with Gasteiger partial charge in [0.25, 0.3) is 0 Å². The maximum Gasteiger partial charge on any atom is 0.192 e. The zero-order valence-electron chi connectivity index (χ0n) is 18.3. The van der Waals surface area contributed by atoms with Gasteiger partial charge in [-0.25, -0.2) is 4.99 Å². The Morgan fingerprint density at radius 1 is 1.19 bits per heavy atom. The Bertz CT molecular complexity index is 921. The quantitative estimate of drug-likeness (QED) is 0.349. The molecular weight excluding hydrogens is 503 g/mol. The standard InChI is InChI=1S/C23H32N6O.HI/c1-2-24-22(25-16-21-28-27-20-11-5-8-14-29(20)21)26-18-15-23(12-6-7-13-23)30-19-10-4-3-9-17(18)19;/h3-4,9-10,18H,2,5-8,11-16H2,1H3,(H2,24,25,26);1H.